The molecule has 0 saturated carbocycles. The average molecular weight is 223 g/mol. The minimum absolute atomic E-state index is 0.270. The number of carbonyl (C=O) groups excluding carboxylic acids is 1. The number of carbonyl (C=O) groups is 1. The lowest BCUT2D eigenvalue weighted by atomic mass is 10.2. The molecule has 15 heavy (non-hydrogen) atoms. The Bertz CT molecular complexity index is 398. The SMILES string of the molecule is C#CC(CC)NC(=O)c1cnccc1Cl. The van der Waals surface area contributed by atoms with E-state index in [0.29, 0.717) is 17.0 Å². The van der Waals surface area contributed by atoms with Crippen molar-refractivity contribution in [2.45, 2.75) is 19.4 Å². The quantitative estimate of drug-likeness (QED) is 0.794. The summed E-state index contributed by atoms with van der Waals surface area (Å²) < 4.78 is 0. The predicted molar refractivity (Wildman–Crippen MR) is 59.6 cm³/mol. The van der Waals surface area contributed by atoms with Gasteiger partial charge in [-0.15, -0.1) is 6.42 Å². The fourth-order valence-corrected chi connectivity index (χ4v) is 1.23. The molecule has 4 heteroatoms. The third-order valence-corrected chi connectivity index (χ3v) is 2.26. The van der Waals surface area contributed by atoms with Crippen LogP contribution >= 0.6 is 11.6 Å². The number of aromatic nitrogens is 1. The first-order chi connectivity index (χ1) is 7.19. The molecule has 0 aliphatic rings. The summed E-state index contributed by atoms with van der Waals surface area (Å²) in [6, 6.07) is 1.29. The lowest BCUT2D eigenvalue weighted by Crippen LogP contribution is -2.33. The highest BCUT2D eigenvalue weighted by atomic mass is 35.5. The summed E-state index contributed by atoms with van der Waals surface area (Å²) in [4.78, 5) is 15.5. The van der Waals surface area contributed by atoms with E-state index in [-0.39, 0.29) is 11.9 Å². The summed E-state index contributed by atoms with van der Waals surface area (Å²) in [5.74, 6) is 2.18. The van der Waals surface area contributed by atoms with Crippen molar-refractivity contribution in [3.63, 3.8) is 0 Å². The summed E-state index contributed by atoms with van der Waals surface area (Å²) in [6.07, 6.45) is 8.86. The summed E-state index contributed by atoms with van der Waals surface area (Å²) >= 11 is 5.84. The van der Waals surface area contributed by atoms with Crippen molar-refractivity contribution in [3.8, 4) is 12.3 Å². The molecule has 0 bridgehead atoms. The number of amides is 1. The van der Waals surface area contributed by atoms with Crippen LogP contribution in [0.4, 0.5) is 0 Å². The van der Waals surface area contributed by atoms with Crippen LogP contribution in [0.3, 0.4) is 0 Å². The molecule has 3 nitrogen and oxygen atoms in total. The molecule has 0 radical (unpaired) electrons. The molecule has 1 heterocycles. The van der Waals surface area contributed by atoms with Crippen molar-refractivity contribution < 1.29 is 4.79 Å². The number of terminal acetylenes is 1. The maximum Gasteiger partial charge on any atom is 0.255 e. The Morgan fingerprint density at radius 3 is 3.07 bits per heavy atom. The summed E-state index contributed by atoms with van der Waals surface area (Å²) in [5.41, 5.74) is 0.341. The van der Waals surface area contributed by atoms with Crippen molar-refractivity contribution in [1.82, 2.24) is 10.3 Å². The minimum atomic E-state index is -0.294. The zero-order valence-corrected chi connectivity index (χ0v) is 9.08. The first-order valence-electron chi connectivity index (χ1n) is 4.55. The van der Waals surface area contributed by atoms with Gasteiger partial charge in [0.1, 0.15) is 0 Å². The van der Waals surface area contributed by atoms with Gasteiger partial charge < -0.3 is 5.32 Å². The highest BCUT2D eigenvalue weighted by molar-refractivity contribution is 6.33. The van der Waals surface area contributed by atoms with Crippen LogP contribution in [0, 0.1) is 12.3 Å². The highest BCUT2D eigenvalue weighted by Crippen LogP contribution is 2.13. The van der Waals surface area contributed by atoms with E-state index in [2.05, 4.69) is 16.2 Å². The van der Waals surface area contributed by atoms with Crippen molar-refractivity contribution in [1.29, 1.82) is 0 Å². The summed E-state index contributed by atoms with van der Waals surface area (Å²) in [7, 11) is 0. The van der Waals surface area contributed by atoms with Gasteiger partial charge in [0.05, 0.1) is 16.6 Å². The Labute approximate surface area is 93.9 Å². The predicted octanol–water partition coefficient (Wildman–Crippen LogP) is 1.88. The van der Waals surface area contributed by atoms with Gasteiger partial charge in [-0.2, -0.15) is 0 Å². The van der Waals surface area contributed by atoms with Gasteiger partial charge in [0, 0.05) is 12.4 Å². The topological polar surface area (TPSA) is 42.0 Å². The van der Waals surface area contributed by atoms with E-state index in [1.807, 2.05) is 6.92 Å². The van der Waals surface area contributed by atoms with Gasteiger partial charge in [-0.3, -0.25) is 9.78 Å². The maximum atomic E-state index is 11.7. The Balaban J connectivity index is 2.79. The van der Waals surface area contributed by atoms with Crippen molar-refractivity contribution in [3.05, 3.63) is 29.0 Å². The number of nitrogens with one attached hydrogen (secondary N) is 1. The van der Waals surface area contributed by atoms with E-state index in [9.17, 15) is 4.79 Å². The number of nitrogens with zero attached hydrogens (tertiary/aromatic N) is 1. The second kappa shape index (κ2) is 5.38. The molecule has 1 N–H and O–H groups in total. The van der Waals surface area contributed by atoms with Gasteiger partial charge >= 0.3 is 0 Å². The fourth-order valence-electron chi connectivity index (χ4n) is 1.04. The second-order valence-corrected chi connectivity index (χ2v) is 3.36. The summed E-state index contributed by atoms with van der Waals surface area (Å²) in [6.45, 7) is 1.90. The smallest absolute Gasteiger partial charge is 0.255 e. The molecule has 0 spiro atoms. The Morgan fingerprint density at radius 2 is 2.53 bits per heavy atom. The van der Waals surface area contributed by atoms with E-state index in [1.165, 1.54) is 12.4 Å². The Hall–Kier alpha value is -1.53. The zero-order valence-electron chi connectivity index (χ0n) is 8.33. The molecule has 78 valence electrons. The molecule has 1 aromatic heterocycles. The first-order valence-corrected chi connectivity index (χ1v) is 4.93. The summed E-state index contributed by atoms with van der Waals surface area (Å²) in [5, 5.41) is 3.04. The van der Waals surface area contributed by atoms with Crippen molar-refractivity contribution in [2.75, 3.05) is 0 Å². The molecule has 0 saturated heterocycles. The van der Waals surface area contributed by atoms with Crippen LogP contribution in [0.15, 0.2) is 18.5 Å². The van der Waals surface area contributed by atoms with Gasteiger partial charge in [-0.25, -0.2) is 0 Å². The fraction of sp³-hybridized carbons (Fsp3) is 0.273. The molecule has 1 rings (SSSR count). The third-order valence-electron chi connectivity index (χ3n) is 1.93. The van der Waals surface area contributed by atoms with Crippen LogP contribution in [-0.2, 0) is 0 Å². The van der Waals surface area contributed by atoms with E-state index in [1.54, 1.807) is 6.07 Å². The number of hydrogen-bond acceptors (Lipinski definition) is 2. The molecule has 0 aromatic carbocycles. The molecule has 0 fully saturated rings. The zero-order chi connectivity index (χ0) is 11.3. The average Bonchev–Trinajstić information content (AvgIpc) is 2.26. The number of rotatable bonds is 3. The molecular weight excluding hydrogens is 212 g/mol. The van der Waals surface area contributed by atoms with Gasteiger partial charge in [-0.05, 0) is 12.5 Å². The van der Waals surface area contributed by atoms with Crippen LogP contribution in [0.2, 0.25) is 5.02 Å². The lowest BCUT2D eigenvalue weighted by Gasteiger charge is -2.10. The van der Waals surface area contributed by atoms with Crippen molar-refractivity contribution in [2.24, 2.45) is 0 Å². The molecule has 1 unspecified atom stereocenters. The lowest BCUT2D eigenvalue weighted by molar-refractivity contribution is 0.0945. The third kappa shape index (κ3) is 2.97. The Kier molecular flexibility index (Phi) is 4.14. The molecule has 0 aliphatic heterocycles. The Morgan fingerprint density at radius 1 is 1.80 bits per heavy atom. The van der Waals surface area contributed by atoms with E-state index >= 15 is 0 Å². The standard InChI is InChI=1S/C11H11ClN2O/c1-3-8(4-2)14-11(15)9-7-13-6-5-10(9)12/h1,5-8H,4H2,2H3,(H,14,15). The van der Waals surface area contributed by atoms with Crippen LogP contribution < -0.4 is 5.32 Å². The van der Waals surface area contributed by atoms with E-state index in [0.717, 1.165) is 0 Å². The van der Waals surface area contributed by atoms with E-state index in [4.69, 9.17) is 18.0 Å². The van der Waals surface area contributed by atoms with Gasteiger partial charge in [-0.1, -0.05) is 24.4 Å². The molecule has 1 aromatic rings. The first kappa shape index (κ1) is 11.5. The van der Waals surface area contributed by atoms with Gasteiger partial charge in [0.25, 0.3) is 5.91 Å². The molecular formula is C11H11ClN2O. The van der Waals surface area contributed by atoms with Crippen LogP contribution in [0.1, 0.15) is 23.7 Å². The van der Waals surface area contributed by atoms with Gasteiger partial charge in [0.15, 0.2) is 0 Å². The van der Waals surface area contributed by atoms with Crippen molar-refractivity contribution >= 4 is 17.5 Å². The number of halogens is 1. The number of pyridine rings is 1. The largest absolute Gasteiger partial charge is 0.338 e. The maximum absolute atomic E-state index is 11.7. The highest BCUT2D eigenvalue weighted by Gasteiger charge is 2.12. The normalized spacial score (nSPS) is 11.5. The number of hydrogen-bond donors (Lipinski definition) is 1. The van der Waals surface area contributed by atoms with Crippen LogP contribution in [0.5, 0.6) is 0 Å². The second-order valence-electron chi connectivity index (χ2n) is 2.96. The molecule has 1 atom stereocenters. The molecule has 1 amide bonds. The monoisotopic (exact) mass is 222 g/mol. The van der Waals surface area contributed by atoms with Crippen LogP contribution in [-0.4, -0.2) is 16.9 Å². The molecule has 0 aliphatic carbocycles. The minimum Gasteiger partial charge on any atom is -0.338 e. The van der Waals surface area contributed by atoms with E-state index < -0.39 is 0 Å². The van der Waals surface area contributed by atoms with Crippen LogP contribution in [0.25, 0.3) is 0 Å². The van der Waals surface area contributed by atoms with Gasteiger partial charge in [0.2, 0.25) is 0 Å².